The number of hydrogen-bond acceptors (Lipinski definition) is 3. The number of guanidine groups is 1. The number of hydrogen-bond donors (Lipinski definition) is 2. The lowest BCUT2D eigenvalue weighted by Gasteiger charge is -2.16. The van der Waals surface area contributed by atoms with Gasteiger partial charge < -0.3 is 10.6 Å². The maximum atomic E-state index is 12.4. The van der Waals surface area contributed by atoms with E-state index in [4.69, 9.17) is 16.6 Å². The van der Waals surface area contributed by atoms with Gasteiger partial charge in [-0.25, -0.2) is 9.48 Å². The molecule has 1 aromatic heterocycles. The van der Waals surface area contributed by atoms with E-state index in [2.05, 4.69) is 34.8 Å². The summed E-state index contributed by atoms with van der Waals surface area (Å²) in [5.41, 5.74) is 1.43. The van der Waals surface area contributed by atoms with Crippen LogP contribution in [-0.2, 0) is 24.9 Å². The summed E-state index contributed by atoms with van der Waals surface area (Å²) in [4.78, 5) is 17.3. The van der Waals surface area contributed by atoms with E-state index in [0.29, 0.717) is 6.54 Å². The van der Waals surface area contributed by atoms with Gasteiger partial charge in [-0.15, -0.1) is 0 Å². The Morgan fingerprint density at radius 3 is 2.90 bits per heavy atom. The molecule has 4 rings (SSSR count). The summed E-state index contributed by atoms with van der Waals surface area (Å²) in [5.74, 6) is 1.76. The second kappa shape index (κ2) is 9.25. The largest absolute Gasteiger partial charge is 0.357 e. The summed E-state index contributed by atoms with van der Waals surface area (Å²) in [6.07, 6.45) is 6.21. The molecule has 0 bridgehead atoms. The lowest BCUT2D eigenvalue weighted by atomic mass is 9.96. The highest BCUT2D eigenvalue weighted by atomic mass is 35.5. The summed E-state index contributed by atoms with van der Waals surface area (Å²) >= 11 is 6.18. The minimum absolute atomic E-state index is 0.0301. The van der Waals surface area contributed by atoms with Crippen molar-refractivity contribution in [2.45, 2.75) is 64.0 Å². The van der Waals surface area contributed by atoms with Crippen LogP contribution in [0.3, 0.4) is 0 Å². The second-order valence-electron chi connectivity index (χ2n) is 8.30. The van der Waals surface area contributed by atoms with E-state index >= 15 is 0 Å². The lowest BCUT2D eigenvalue weighted by Crippen LogP contribution is -2.39. The maximum absolute atomic E-state index is 12.4. The zero-order valence-electron chi connectivity index (χ0n) is 17.7. The number of halogens is 1. The molecule has 1 aromatic carbocycles. The van der Waals surface area contributed by atoms with E-state index in [0.717, 1.165) is 81.5 Å². The van der Waals surface area contributed by atoms with E-state index in [1.807, 2.05) is 16.7 Å². The molecule has 1 aliphatic heterocycles. The van der Waals surface area contributed by atoms with Crippen molar-refractivity contribution in [2.75, 3.05) is 19.6 Å². The van der Waals surface area contributed by atoms with Crippen LogP contribution in [-0.4, -0.2) is 39.9 Å². The molecule has 1 aliphatic carbocycles. The predicted octanol–water partition coefficient (Wildman–Crippen LogP) is 2.71. The summed E-state index contributed by atoms with van der Waals surface area (Å²) in [6, 6.07) is 8.14. The van der Waals surface area contributed by atoms with Gasteiger partial charge in [-0.2, -0.15) is 5.10 Å². The molecule has 7 nitrogen and oxygen atoms in total. The Morgan fingerprint density at radius 2 is 2.17 bits per heavy atom. The van der Waals surface area contributed by atoms with Crippen molar-refractivity contribution in [3.63, 3.8) is 0 Å². The first kappa shape index (κ1) is 21.0. The fraction of sp³-hybridized carbons (Fsp3) is 0.591. The number of nitrogens with one attached hydrogen (secondary N) is 2. The van der Waals surface area contributed by atoms with E-state index in [1.54, 1.807) is 4.68 Å². The average Bonchev–Trinajstić information content (AvgIpc) is 3.48. The monoisotopic (exact) mass is 430 g/mol. The fourth-order valence-corrected chi connectivity index (χ4v) is 4.30. The Labute approximate surface area is 182 Å². The van der Waals surface area contributed by atoms with Gasteiger partial charge in [-0.1, -0.05) is 23.7 Å². The van der Waals surface area contributed by atoms with Crippen LogP contribution in [0.25, 0.3) is 0 Å². The number of fused-ring (bicyclic) bond motifs is 1. The molecule has 0 radical (unpaired) electrons. The summed E-state index contributed by atoms with van der Waals surface area (Å²) in [5, 5.41) is 12.0. The summed E-state index contributed by atoms with van der Waals surface area (Å²) in [7, 11) is 0. The standard InChI is InChI=1S/C22H31ClN6O/c1-2-24-20(26-16-22(10-11-22)17-7-5-8-18(23)15-17)25-12-6-14-29-21(30)28-13-4-3-9-19(28)27-29/h5,7-8,15H,2-4,6,9-14,16H2,1H3,(H2,24,25,26). The molecule has 162 valence electrons. The van der Waals surface area contributed by atoms with Gasteiger partial charge in [0.15, 0.2) is 5.96 Å². The normalized spacial score (nSPS) is 17.5. The Morgan fingerprint density at radius 1 is 1.30 bits per heavy atom. The molecule has 2 aromatic rings. The Bertz CT molecular complexity index is 959. The minimum Gasteiger partial charge on any atom is -0.357 e. The smallest absolute Gasteiger partial charge is 0.345 e. The van der Waals surface area contributed by atoms with Crippen molar-refractivity contribution in [1.82, 2.24) is 25.0 Å². The molecule has 2 heterocycles. The first-order valence-electron chi connectivity index (χ1n) is 11.1. The summed E-state index contributed by atoms with van der Waals surface area (Å²) in [6.45, 7) is 5.79. The van der Waals surface area contributed by atoms with Crippen LogP contribution in [0.2, 0.25) is 5.02 Å². The molecule has 1 saturated carbocycles. The van der Waals surface area contributed by atoms with Crippen LogP contribution in [0.5, 0.6) is 0 Å². The third-order valence-corrected chi connectivity index (χ3v) is 6.28. The minimum atomic E-state index is 0.0301. The topological polar surface area (TPSA) is 76.2 Å². The molecule has 30 heavy (non-hydrogen) atoms. The molecule has 0 unspecified atom stereocenters. The first-order chi connectivity index (χ1) is 14.6. The number of aliphatic imine (C=N–C) groups is 1. The highest BCUT2D eigenvalue weighted by molar-refractivity contribution is 6.30. The van der Waals surface area contributed by atoms with E-state index in [-0.39, 0.29) is 11.1 Å². The van der Waals surface area contributed by atoms with E-state index < -0.39 is 0 Å². The van der Waals surface area contributed by atoms with Gasteiger partial charge in [-0.3, -0.25) is 9.56 Å². The molecule has 0 spiro atoms. The highest BCUT2D eigenvalue weighted by Crippen LogP contribution is 2.48. The van der Waals surface area contributed by atoms with Crippen LogP contribution < -0.4 is 16.3 Å². The van der Waals surface area contributed by atoms with Gasteiger partial charge in [0.2, 0.25) is 0 Å². The number of nitrogens with zero attached hydrogens (tertiary/aromatic N) is 4. The molecule has 8 heteroatoms. The number of benzene rings is 1. The molecule has 0 atom stereocenters. The van der Waals surface area contributed by atoms with Gasteiger partial charge in [0, 0.05) is 43.0 Å². The number of rotatable bonds is 8. The quantitative estimate of drug-likeness (QED) is 0.383. The first-order valence-corrected chi connectivity index (χ1v) is 11.4. The van der Waals surface area contributed by atoms with Crippen molar-refractivity contribution >= 4 is 17.6 Å². The number of aromatic nitrogens is 3. The third-order valence-electron chi connectivity index (χ3n) is 6.05. The van der Waals surface area contributed by atoms with Crippen molar-refractivity contribution in [3.8, 4) is 0 Å². The van der Waals surface area contributed by atoms with Crippen molar-refractivity contribution in [1.29, 1.82) is 0 Å². The van der Waals surface area contributed by atoms with Crippen molar-refractivity contribution < 1.29 is 0 Å². The van der Waals surface area contributed by atoms with Crippen molar-refractivity contribution in [3.05, 3.63) is 51.2 Å². The van der Waals surface area contributed by atoms with Crippen LogP contribution >= 0.6 is 11.6 Å². The average molecular weight is 431 g/mol. The Balaban J connectivity index is 1.31. The van der Waals surface area contributed by atoms with Gasteiger partial charge in [0.05, 0.1) is 6.54 Å². The predicted molar refractivity (Wildman–Crippen MR) is 120 cm³/mol. The highest BCUT2D eigenvalue weighted by Gasteiger charge is 2.44. The second-order valence-corrected chi connectivity index (χ2v) is 8.73. The molecule has 2 aliphatic rings. The third kappa shape index (κ3) is 4.72. The van der Waals surface area contributed by atoms with E-state index in [9.17, 15) is 4.79 Å². The summed E-state index contributed by atoms with van der Waals surface area (Å²) < 4.78 is 3.44. The van der Waals surface area contributed by atoms with Gasteiger partial charge in [0.1, 0.15) is 5.82 Å². The number of aryl methyl sites for hydroxylation is 2. The zero-order chi connectivity index (χ0) is 21.0. The van der Waals surface area contributed by atoms with Gasteiger partial charge in [-0.05, 0) is 56.7 Å². The molecular weight excluding hydrogens is 400 g/mol. The Hall–Kier alpha value is -2.28. The van der Waals surface area contributed by atoms with Crippen LogP contribution in [0.15, 0.2) is 34.1 Å². The van der Waals surface area contributed by atoms with Crippen LogP contribution in [0.4, 0.5) is 0 Å². The fourth-order valence-electron chi connectivity index (χ4n) is 4.11. The molecule has 0 amide bonds. The van der Waals surface area contributed by atoms with Crippen LogP contribution in [0, 0.1) is 0 Å². The van der Waals surface area contributed by atoms with Gasteiger partial charge in [0.25, 0.3) is 0 Å². The molecular formula is C22H31ClN6O. The van der Waals surface area contributed by atoms with Crippen LogP contribution in [0.1, 0.15) is 50.4 Å². The Kier molecular flexibility index (Phi) is 6.46. The van der Waals surface area contributed by atoms with E-state index in [1.165, 1.54) is 5.56 Å². The lowest BCUT2D eigenvalue weighted by molar-refractivity contribution is 0.509. The van der Waals surface area contributed by atoms with Crippen molar-refractivity contribution in [2.24, 2.45) is 4.99 Å². The SMILES string of the molecule is CCNC(=NCC1(c2cccc(Cl)c2)CC1)NCCCn1nc2n(c1=O)CCCC2. The zero-order valence-corrected chi connectivity index (χ0v) is 18.4. The molecule has 0 saturated heterocycles. The van der Waals surface area contributed by atoms with Gasteiger partial charge >= 0.3 is 5.69 Å². The molecule has 2 N–H and O–H groups in total. The molecule has 1 fully saturated rings. The maximum Gasteiger partial charge on any atom is 0.345 e.